The molecule has 3 heterocycles. The van der Waals surface area contributed by atoms with Gasteiger partial charge in [0.05, 0.1) is 18.2 Å². The van der Waals surface area contributed by atoms with E-state index in [9.17, 15) is 14.7 Å². The predicted molar refractivity (Wildman–Crippen MR) is 167 cm³/mol. The highest BCUT2D eigenvalue weighted by atomic mass is 32.1. The second-order valence-corrected chi connectivity index (χ2v) is 14.2. The number of aryl methyl sites for hydroxylation is 2. The van der Waals surface area contributed by atoms with Gasteiger partial charge in [0.1, 0.15) is 12.4 Å². The Balaban J connectivity index is 1.01. The number of aromatic nitrogens is 1. The number of hydrogen-bond acceptors (Lipinski definition) is 7. The number of benzene rings is 2. The number of carboxylic acids is 1. The van der Waals surface area contributed by atoms with Crippen LogP contribution in [-0.2, 0) is 22.7 Å². The molecular weight excluding hydrogens is 560 g/mol. The first-order valence-electron chi connectivity index (χ1n) is 15.4. The lowest BCUT2D eigenvalue weighted by Crippen LogP contribution is -2.52. The number of amides is 1. The number of aliphatic carboxylic acids is 1. The highest BCUT2D eigenvalue weighted by Gasteiger charge is 2.78. The number of carbonyl (C=O) groups excluding carboxylic acids is 1. The van der Waals surface area contributed by atoms with E-state index in [0.717, 1.165) is 72.4 Å². The first kappa shape index (κ1) is 28.3. The molecule has 0 bridgehead atoms. The molecule has 4 fully saturated rings. The van der Waals surface area contributed by atoms with Gasteiger partial charge in [-0.2, -0.15) is 0 Å². The third kappa shape index (κ3) is 5.00. The maximum absolute atomic E-state index is 12.5. The lowest BCUT2D eigenvalue weighted by Gasteiger charge is -2.36. The molecule has 226 valence electrons. The van der Waals surface area contributed by atoms with Crippen molar-refractivity contribution in [2.45, 2.75) is 53.3 Å². The van der Waals surface area contributed by atoms with Crippen molar-refractivity contribution in [3.8, 4) is 17.0 Å². The molecule has 9 heteroatoms. The minimum atomic E-state index is -0.632. The number of thiazole rings is 1. The van der Waals surface area contributed by atoms with Crippen LogP contribution in [0.5, 0.6) is 5.75 Å². The SMILES string of the molecule is Cc1ccc(OCc2ccc(CN3CCN(C(C)C)C(=O)C3)cc2C)c(-c2csc(N3CC4C(C(=O)O)C5CC45C3)n2)c1. The molecule has 3 aromatic rings. The smallest absolute Gasteiger partial charge is 0.307 e. The van der Waals surface area contributed by atoms with E-state index >= 15 is 0 Å². The molecule has 4 atom stereocenters. The Hall–Kier alpha value is -3.43. The van der Waals surface area contributed by atoms with E-state index in [1.807, 2.05) is 11.0 Å². The van der Waals surface area contributed by atoms with Gasteiger partial charge >= 0.3 is 5.97 Å². The van der Waals surface area contributed by atoms with E-state index in [4.69, 9.17) is 9.72 Å². The highest BCUT2D eigenvalue weighted by molar-refractivity contribution is 7.14. The zero-order valence-electron chi connectivity index (χ0n) is 25.4. The van der Waals surface area contributed by atoms with Gasteiger partial charge in [-0.3, -0.25) is 14.5 Å². The summed E-state index contributed by atoms with van der Waals surface area (Å²) in [5.41, 5.74) is 6.77. The van der Waals surface area contributed by atoms with Gasteiger partial charge in [0.25, 0.3) is 0 Å². The molecule has 1 spiro atoms. The average molecular weight is 601 g/mol. The van der Waals surface area contributed by atoms with E-state index in [2.05, 4.69) is 73.2 Å². The maximum Gasteiger partial charge on any atom is 0.307 e. The maximum atomic E-state index is 12.5. The van der Waals surface area contributed by atoms with Gasteiger partial charge in [0.2, 0.25) is 5.91 Å². The Morgan fingerprint density at radius 3 is 2.74 bits per heavy atom. The fourth-order valence-electron chi connectivity index (χ4n) is 7.87. The van der Waals surface area contributed by atoms with Gasteiger partial charge in [0.15, 0.2) is 5.13 Å². The quantitative estimate of drug-likeness (QED) is 0.361. The summed E-state index contributed by atoms with van der Waals surface area (Å²) in [6, 6.07) is 13.0. The molecule has 0 radical (unpaired) electrons. The Bertz CT molecular complexity index is 1590. The Morgan fingerprint density at radius 1 is 1.16 bits per heavy atom. The zero-order valence-corrected chi connectivity index (χ0v) is 26.2. The Labute approximate surface area is 257 Å². The molecule has 1 amide bonds. The predicted octanol–water partition coefficient (Wildman–Crippen LogP) is 5.22. The molecule has 2 aromatic carbocycles. The van der Waals surface area contributed by atoms with Crippen LogP contribution in [0.2, 0.25) is 0 Å². The number of ether oxygens (including phenoxy) is 1. The van der Waals surface area contributed by atoms with Crippen molar-refractivity contribution in [1.82, 2.24) is 14.8 Å². The summed E-state index contributed by atoms with van der Waals surface area (Å²) in [6.45, 7) is 13.4. The Kier molecular flexibility index (Phi) is 7.01. The number of carbonyl (C=O) groups is 2. The number of nitrogens with zero attached hydrogens (tertiary/aromatic N) is 4. The molecule has 2 saturated heterocycles. The van der Waals surface area contributed by atoms with Gasteiger partial charge in [-0.05, 0) is 80.2 Å². The van der Waals surface area contributed by atoms with Gasteiger partial charge in [0, 0.05) is 49.7 Å². The highest BCUT2D eigenvalue weighted by Crippen LogP contribution is 2.76. The van der Waals surface area contributed by atoms with Gasteiger partial charge in [-0.1, -0.05) is 29.8 Å². The monoisotopic (exact) mass is 600 g/mol. The molecule has 7 rings (SSSR count). The first-order chi connectivity index (χ1) is 20.6. The normalized spacial score (nSPS) is 26.3. The first-order valence-corrected chi connectivity index (χ1v) is 16.3. The van der Waals surface area contributed by atoms with E-state index in [1.165, 1.54) is 11.1 Å². The number of rotatable bonds is 9. The number of piperazine rings is 1. The molecule has 8 nitrogen and oxygen atoms in total. The summed E-state index contributed by atoms with van der Waals surface area (Å²) in [5, 5.41) is 12.7. The molecule has 4 unspecified atom stereocenters. The van der Waals surface area contributed by atoms with E-state index in [0.29, 0.717) is 19.1 Å². The van der Waals surface area contributed by atoms with Crippen molar-refractivity contribution in [3.63, 3.8) is 0 Å². The summed E-state index contributed by atoms with van der Waals surface area (Å²) in [5.74, 6) is 0.822. The summed E-state index contributed by atoms with van der Waals surface area (Å²) in [6.07, 6.45) is 1.05. The molecule has 43 heavy (non-hydrogen) atoms. The van der Waals surface area contributed by atoms with Crippen molar-refractivity contribution in [2.75, 3.05) is 37.6 Å². The van der Waals surface area contributed by atoms with E-state index in [-0.39, 0.29) is 29.2 Å². The van der Waals surface area contributed by atoms with Crippen LogP contribution in [0.3, 0.4) is 0 Å². The number of anilines is 1. The van der Waals surface area contributed by atoms with Crippen molar-refractivity contribution in [2.24, 2.45) is 23.2 Å². The largest absolute Gasteiger partial charge is 0.488 e. The molecule has 1 aromatic heterocycles. The van der Waals surface area contributed by atoms with Crippen molar-refractivity contribution < 1.29 is 19.4 Å². The van der Waals surface area contributed by atoms with Crippen LogP contribution in [0.15, 0.2) is 41.8 Å². The van der Waals surface area contributed by atoms with Crippen LogP contribution in [-0.4, -0.2) is 70.5 Å². The summed E-state index contributed by atoms with van der Waals surface area (Å²) in [4.78, 5) is 35.8. The molecule has 2 aliphatic carbocycles. The Morgan fingerprint density at radius 2 is 2.00 bits per heavy atom. The van der Waals surface area contributed by atoms with Gasteiger partial charge < -0.3 is 19.6 Å². The van der Waals surface area contributed by atoms with Gasteiger partial charge in [-0.15, -0.1) is 11.3 Å². The number of hydrogen-bond donors (Lipinski definition) is 1. The standard InChI is InChI=1S/C34H40N4O4S/c1-20(2)38-10-9-36(16-30(38)39)14-23-6-7-24(22(4)12-23)17-42-29-8-5-21(3)11-25(29)28-18-43-33(35-28)37-15-27-31(32(40)41)26-13-34(26,27)19-37/h5-8,11-12,18,20,26-27,31H,9-10,13-17,19H2,1-4H3,(H,40,41). The minimum absolute atomic E-state index is 0.177. The summed E-state index contributed by atoms with van der Waals surface area (Å²) < 4.78 is 6.42. The van der Waals surface area contributed by atoms with E-state index in [1.54, 1.807) is 11.3 Å². The fourth-order valence-corrected chi connectivity index (χ4v) is 8.71. The molecule has 2 saturated carbocycles. The topological polar surface area (TPSA) is 86.2 Å². The van der Waals surface area contributed by atoms with Crippen LogP contribution in [0.25, 0.3) is 11.3 Å². The van der Waals surface area contributed by atoms with Crippen LogP contribution in [0.4, 0.5) is 5.13 Å². The summed E-state index contributed by atoms with van der Waals surface area (Å²) in [7, 11) is 0. The van der Waals surface area contributed by atoms with Crippen molar-refractivity contribution >= 4 is 28.3 Å². The van der Waals surface area contributed by atoms with Crippen molar-refractivity contribution in [1.29, 1.82) is 0 Å². The van der Waals surface area contributed by atoms with Gasteiger partial charge in [-0.25, -0.2) is 4.98 Å². The third-order valence-electron chi connectivity index (χ3n) is 10.3. The van der Waals surface area contributed by atoms with Crippen LogP contribution in [0.1, 0.15) is 42.5 Å². The van der Waals surface area contributed by atoms with Crippen molar-refractivity contribution in [3.05, 3.63) is 64.0 Å². The lowest BCUT2D eigenvalue weighted by molar-refractivity contribution is -0.150. The molecule has 2 aliphatic heterocycles. The molecule has 4 aliphatic rings. The third-order valence-corrected chi connectivity index (χ3v) is 11.2. The lowest BCUT2D eigenvalue weighted by atomic mass is 9.66. The average Bonchev–Trinajstić information content (AvgIpc) is 3.22. The van der Waals surface area contributed by atoms with E-state index < -0.39 is 5.97 Å². The van der Waals surface area contributed by atoms with Crippen LogP contribution < -0.4 is 9.64 Å². The number of carboxylic acid groups (broad SMARTS) is 1. The minimum Gasteiger partial charge on any atom is -0.488 e. The summed E-state index contributed by atoms with van der Waals surface area (Å²) >= 11 is 1.63. The fraction of sp³-hybridized carbons (Fsp3) is 0.500. The molecule has 1 N–H and O–H groups in total. The molecular formula is C34H40N4O4S. The second kappa shape index (κ2) is 10.6. The van der Waals surface area contributed by atoms with Crippen LogP contribution in [0, 0.1) is 37.0 Å². The second-order valence-electron chi connectivity index (χ2n) is 13.4. The van der Waals surface area contributed by atoms with Crippen LogP contribution >= 0.6 is 11.3 Å². The zero-order chi connectivity index (χ0) is 30.0.